The van der Waals surface area contributed by atoms with Gasteiger partial charge < -0.3 is 21.2 Å². The van der Waals surface area contributed by atoms with E-state index in [-0.39, 0.29) is 58.4 Å². The van der Waals surface area contributed by atoms with E-state index in [1.54, 1.807) is 7.11 Å². The third-order valence-corrected chi connectivity index (χ3v) is 4.09. The Labute approximate surface area is 126 Å². The molecule has 1 rings (SSSR count). The van der Waals surface area contributed by atoms with Gasteiger partial charge in [0, 0.05) is 13.0 Å². The van der Waals surface area contributed by atoms with Gasteiger partial charge in [0.2, 0.25) is 0 Å². The summed E-state index contributed by atoms with van der Waals surface area (Å²) in [7, 11) is -0.568. The Morgan fingerprint density at radius 3 is 2.06 bits per heavy atom. The van der Waals surface area contributed by atoms with Crippen molar-refractivity contribution in [1.29, 1.82) is 0 Å². The van der Waals surface area contributed by atoms with E-state index in [4.69, 9.17) is 13.8 Å². The van der Waals surface area contributed by atoms with E-state index in [0.717, 1.165) is 0 Å². The van der Waals surface area contributed by atoms with Crippen LogP contribution in [0.2, 0.25) is 0 Å². The molecule has 5 heteroatoms. The van der Waals surface area contributed by atoms with Gasteiger partial charge in [-0.25, -0.2) is 0 Å². The Bertz CT molecular complexity index is 247. The van der Waals surface area contributed by atoms with Crippen LogP contribution in [-0.4, -0.2) is 31.7 Å². The molecule has 16 heavy (non-hydrogen) atoms. The molecule has 5 atom stereocenters. The predicted molar refractivity (Wildman–Crippen MR) is 66.9 cm³/mol. The summed E-state index contributed by atoms with van der Waals surface area (Å²) in [4.78, 5) is 0. The van der Waals surface area contributed by atoms with Gasteiger partial charge in [0.1, 0.15) is 0 Å². The van der Waals surface area contributed by atoms with Crippen LogP contribution in [0.1, 0.15) is 20.8 Å². The van der Waals surface area contributed by atoms with Crippen molar-refractivity contribution >= 4 is 13.6 Å². The minimum absolute atomic E-state index is 0. The monoisotopic (exact) mass is 323 g/mol. The molecule has 0 amide bonds. The summed E-state index contributed by atoms with van der Waals surface area (Å²) in [6.07, 6.45) is 4.22. The molecule has 1 saturated heterocycles. The van der Waals surface area contributed by atoms with Crippen LogP contribution in [-0.2, 0) is 46.5 Å². The Morgan fingerprint density at radius 2 is 1.75 bits per heavy atom. The number of rotatable bonds is 3. The molecule has 0 radical (unpaired) electrons. The average Bonchev–Trinajstić information content (AvgIpc) is 2.32. The van der Waals surface area contributed by atoms with Crippen LogP contribution in [0.5, 0.6) is 0 Å². The third-order valence-electron chi connectivity index (χ3n) is 2.80. The fraction of sp³-hybridized carbons (Fsp3) is 0.727. The predicted octanol–water partition coefficient (Wildman–Crippen LogP) is 2.98. The van der Waals surface area contributed by atoms with E-state index < -0.39 is 7.34 Å². The first-order valence-electron chi connectivity index (χ1n) is 4.85. The maximum atomic E-state index is 5.78. The second-order valence-corrected chi connectivity index (χ2v) is 6.18. The Hall–Kier alpha value is 1.28. The summed E-state index contributed by atoms with van der Waals surface area (Å²) < 4.78 is 16.6. The first-order valence-corrected chi connectivity index (χ1v) is 6.84. The van der Waals surface area contributed by atoms with Gasteiger partial charge in [0.25, 0.3) is 0 Å². The molecule has 0 aromatic heterocycles. The Morgan fingerprint density at radius 1 is 1.25 bits per heavy atom. The maximum absolute atomic E-state index is 5.78. The smallest absolute Gasteiger partial charge is 0.372 e. The first-order chi connectivity index (χ1) is 6.37. The topological polar surface area (TPSA) is 27.7 Å². The quantitative estimate of drug-likeness (QED) is 0.590. The molecule has 92 valence electrons. The average molecular weight is 323 g/mol. The van der Waals surface area contributed by atoms with Gasteiger partial charge in [0.15, 0.2) is 0 Å². The van der Waals surface area contributed by atoms with E-state index in [0.29, 0.717) is 5.92 Å². The summed E-state index contributed by atoms with van der Waals surface area (Å²) in [5.41, 5.74) is 0. The summed E-state index contributed by atoms with van der Waals surface area (Å²) in [6, 6.07) is 0. The van der Waals surface area contributed by atoms with Crippen LogP contribution in [0.3, 0.4) is 0 Å². The van der Waals surface area contributed by atoms with Crippen molar-refractivity contribution in [3.63, 3.8) is 0 Å². The van der Waals surface area contributed by atoms with Crippen molar-refractivity contribution < 1.29 is 46.5 Å². The van der Waals surface area contributed by atoms with Gasteiger partial charge in [-0.15, -0.1) is 0 Å². The molecule has 1 fully saturated rings. The molecule has 1 aliphatic heterocycles. The Balaban J connectivity index is 0. The van der Waals surface area contributed by atoms with Crippen LogP contribution in [0, 0.1) is 20.0 Å². The zero-order valence-corrected chi connectivity index (χ0v) is 14.7. The molecule has 3 nitrogen and oxygen atoms in total. The molecule has 0 N–H and O–H groups in total. The number of ether oxygens (including phenoxy) is 1. The van der Waals surface area contributed by atoms with Crippen LogP contribution in [0.15, 0.2) is 0 Å². The molecule has 0 aliphatic carbocycles. The molecular formula is C11H23O3PY+. The second-order valence-electron chi connectivity index (χ2n) is 3.97. The van der Waals surface area contributed by atoms with Crippen LogP contribution in [0.4, 0.5) is 0 Å². The summed E-state index contributed by atoms with van der Waals surface area (Å²) >= 11 is 0. The van der Waals surface area contributed by atoms with E-state index in [2.05, 4.69) is 26.8 Å². The van der Waals surface area contributed by atoms with Crippen LogP contribution >= 0.6 is 7.34 Å². The second kappa shape index (κ2) is 7.66. The van der Waals surface area contributed by atoms with Crippen molar-refractivity contribution in [3.8, 4) is 0 Å². The van der Waals surface area contributed by atoms with Gasteiger partial charge in [-0.2, -0.15) is 0 Å². The van der Waals surface area contributed by atoms with Crippen molar-refractivity contribution in [2.75, 3.05) is 7.11 Å². The molecule has 0 spiro atoms. The van der Waals surface area contributed by atoms with Gasteiger partial charge in [-0.05, 0) is 21.2 Å². The maximum Gasteiger partial charge on any atom is 3.00 e. The van der Waals surface area contributed by atoms with Gasteiger partial charge in [-0.3, -0.25) is 6.66 Å². The summed E-state index contributed by atoms with van der Waals surface area (Å²) in [5.74, 6) is 0.364. The molecule has 0 aromatic rings. The van der Waals surface area contributed by atoms with Crippen molar-refractivity contribution in [3.05, 3.63) is 14.1 Å². The molecule has 5 unspecified atom stereocenters. The van der Waals surface area contributed by atoms with E-state index >= 15 is 0 Å². The fourth-order valence-corrected chi connectivity index (χ4v) is 2.57. The zero-order valence-electron chi connectivity index (χ0n) is 11.0. The SMILES string of the molecule is C=P([CH2-])(OC)OC1C(C)OC(C)C1C.[CH3-].[Y+3]. The fourth-order valence-electron chi connectivity index (χ4n) is 1.68. The minimum Gasteiger partial charge on any atom is -0.372 e. The van der Waals surface area contributed by atoms with Gasteiger partial charge in [0.05, 0.1) is 18.3 Å². The molecule has 0 aromatic carbocycles. The van der Waals surface area contributed by atoms with Crippen molar-refractivity contribution in [1.82, 2.24) is 0 Å². The summed E-state index contributed by atoms with van der Waals surface area (Å²) in [6.45, 7) is 10.0. The molecule has 1 aliphatic rings. The molecular weight excluding hydrogens is 300 g/mol. The largest absolute Gasteiger partial charge is 3.00 e. The molecule has 0 saturated carbocycles. The van der Waals surface area contributed by atoms with Crippen molar-refractivity contribution in [2.45, 2.75) is 39.1 Å². The first kappa shape index (κ1) is 19.6. The van der Waals surface area contributed by atoms with Crippen LogP contribution < -0.4 is 0 Å². The van der Waals surface area contributed by atoms with Gasteiger partial charge in [-0.1, -0.05) is 13.2 Å². The minimum atomic E-state index is -2.15. The van der Waals surface area contributed by atoms with Crippen LogP contribution in [0.25, 0.3) is 0 Å². The van der Waals surface area contributed by atoms with E-state index in [1.807, 2.05) is 6.92 Å². The Kier molecular flexibility index (Phi) is 9.39. The van der Waals surface area contributed by atoms with Crippen molar-refractivity contribution in [2.24, 2.45) is 5.92 Å². The zero-order chi connectivity index (χ0) is 10.9. The number of hydrogen-bond acceptors (Lipinski definition) is 3. The third kappa shape index (κ3) is 4.88. The van der Waals surface area contributed by atoms with E-state index in [9.17, 15) is 0 Å². The summed E-state index contributed by atoms with van der Waals surface area (Å²) in [5, 5.41) is 0. The standard InChI is InChI=1S/C10H20O3P.CH3.Y/c1-7-8(2)12-9(3)10(7)13-14(5,6)11-4;;/h7-10H,5-6H2,1-4H3;1H3;/q2*-1;+3. The van der Waals surface area contributed by atoms with Gasteiger partial charge >= 0.3 is 32.7 Å². The van der Waals surface area contributed by atoms with E-state index in [1.165, 1.54) is 0 Å². The molecule has 1 heterocycles. The number of hydrogen-bond donors (Lipinski definition) is 0. The molecule has 0 bridgehead atoms. The normalized spacial score (nSPS) is 37.1.